The molecule has 6 heteroatoms. The van der Waals surface area contributed by atoms with Crippen LogP contribution in [0.5, 0.6) is 0 Å². The van der Waals surface area contributed by atoms with Gasteiger partial charge in [0.25, 0.3) is 0 Å². The SMILES string of the molecule is CC(C)CSc1nc(NN)ncc1F. The summed E-state index contributed by atoms with van der Waals surface area (Å²) >= 11 is 1.36. The lowest BCUT2D eigenvalue weighted by Crippen LogP contribution is -2.11. The summed E-state index contributed by atoms with van der Waals surface area (Å²) < 4.78 is 13.1. The van der Waals surface area contributed by atoms with Gasteiger partial charge in [0.15, 0.2) is 5.82 Å². The maximum absolute atomic E-state index is 13.1. The van der Waals surface area contributed by atoms with Crippen molar-refractivity contribution in [3.63, 3.8) is 0 Å². The van der Waals surface area contributed by atoms with Crippen molar-refractivity contribution in [2.24, 2.45) is 11.8 Å². The minimum absolute atomic E-state index is 0.234. The molecule has 0 atom stereocenters. The molecule has 0 aliphatic carbocycles. The molecule has 0 saturated carbocycles. The number of nitrogens with zero attached hydrogens (tertiary/aromatic N) is 2. The van der Waals surface area contributed by atoms with Crippen LogP contribution >= 0.6 is 11.8 Å². The maximum Gasteiger partial charge on any atom is 0.238 e. The number of halogens is 1. The van der Waals surface area contributed by atoms with E-state index in [2.05, 4.69) is 29.2 Å². The predicted octanol–water partition coefficient (Wildman–Crippen LogP) is 1.65. The smallest absolute Gasteiger partial charge is 0.238 e. The van der Waals surface area contributed by atoms with Gasteiger partial charge in [-0.3, -0.25) is 5.43 Å². The van der Waals surface area contributed by atoms with E-state index in [1.165, 1.54) is 11.8 Å². The van der Waals surface area contributed by atoms with Gasteiger partial charge in [-0.05, 0) is 5.92 Å². The van der Waals surface area contributed by atoms with Crippen LogP contribution in [0.2, 0.25) is 0 Å². The summed E-state index contributed by atoms with van der Waals surface area (Å²) in [4.78, 5) is 7.55. The molecular weight excluding hydrogens is 203 g/mol. The molecule has 0 aliphatic rings. The van der Waals surface area contributed by atoms with Crippen LogP contribution in [0, 0.1) is 11.7 Å². The van der Waals surface area contributed by atoms with E-state index in [0.717, 1.165) is 11.9 Å². The lowest BCUT2D eigenvalue weighted by molar-refractivity contribution is 0.579. The van der Waals surface area contributed by atoms with Crippen LogP contribution in [-0.2, 0) is 0 Å². The third-order valence-electron chi connectivity index (χ3n) is 1.39. The molecule has 1 heterocycles. The summed E-state index contributed by atoms with van der Waals surface area (Å²) in [6.07, 6.45) is 1.12. The molecule has 1 aromatic rings. The van der Waals surface area contributed by atoms with Crippen molar-refractivity contribution >= 4 is 17.7 Å². The van der Waals surface area contributed by atoms with E-state index in [0.29, 0.717) is 10.9 Å². The van der Waals surface area contributed by atoms with E-state index in [1.54, 1.807) is 0 Å². The zero-order chi connectivity index (χ0) is 10.6. The summed E-state index contributed by atoms with van der Waals surface area (Å²) in [6.45, 7) is 4.13. The molecule has 3 N–H and O–H groups in total. The van der Waals surface area contributed by atoms with Crippen LogP contribution in [0.25, 0.3) is 0 Å². The average Bonchev–Trinajstić information content (AvgIpc) is 2.16. The number of nitrogens with one attached hydrogen (secondary N) is 1. The Kier molecular flexibility index (Phi) is 4.09. The second-order valence-electron chi connectivity index (χ2n) is 3.20. The zero-order valence-electron chi connectivity index (χ0n) is 8.12. The molecule has 0 radical (unpaired) electrons. The maximum atomic E-state index is 13.1. The van der Waals surface area contributed by atoms with Gasteiger partial charge in [0, 0.05) is 5.75 Å². The normalized spacial score (nSPS) is 10.6. The monoisotopic (exact) mass is 216 g/mol. The summed E-state index contributed by atoms with van der Waals surface area (Å²) in [5.41, 5.74) is 2.28. The van der Waals surface area contributed by atoms with Crippen molar-refractivity contribution in [1.29, 1.82) is 0 Å². The number of thioether (sulfide) groups is 1. The first kappa shape index (κ1) is 11.2. The summed E-state index contributed by atoms with van der Waals surface area (Å²) in [6, 6.07) is 0. The minimum Gasteiger partial charge on any atom is -0.292 e. The second kappa shape index (κ2) is 5.11. The minimum atomic E-state index is -0.408. The van der Waals surface area contributed by atoms with Crippen molar-refractivity contribution < 1.29 is 4.39 Å². The Labute approximate surface area is 86.5 Å². The fraction of sp³-hybridized carbons (Fsp3) is 0.500. The van der Waals surface area contributed by atoms with Gasteiger partial charge in [0.2, 0.25) is 5.95 Å². The highest BCUT2D eigenvalue weighted by Gasteiger charge is 2.07. The third-order valence-corrected chi connectivity index (χ3v) is 2.79. The van der Waals surface area contributed by atoms with Crippen LogP contribution in [0.1, 0.15) is 13.8 Å². The second-order valence-corrected chi connectivity index (χ2v) is 4.20. The Morgan fingerprint density at radius 2 is 2.36 bits per heavy atom. The molecule has 1 rings (SSSR count). The zero-order valence-corrected chi connectivity index (χ0v) is 8.94. The molecule has 0 unspecified atom stereocenters. The molecule has 1 aromatic heterocycles. The van der Waals surface area contributed by atoms with Crippen LogP contribution in [0.3, 0.4) is 0 Å². The highest BCUT2D eigenvalue weighted by molar-refractivity contribution is 7.99. The Morgan fingerprint density at radius 3 is 2.93 bits per heavy atom. The Hall–Kier alpha value is -0.880. The predicted molar refractivity (Wildman–Crippen MR) is 55.4 cm³/mol. The van der Waals surface area contributed by atoms with Crippen molar-refractivity contribution in [3.05, 3.63) is 12.0 Å². The van der Waals surface area contributed by atoms with Crippen molar-refractivity contribution in [2.45, 2.75) is 18.9 Å². The van der Waals surface area contributed by atoms with Crippen molar-refractivity contribution in [2.75, 3.05) is 11.2 Å². The van der Waals surface area contributed by atoms with Gasteiger partial charge in [-0.1, -0.05) is 13.8 Å². The number of anilines is 1. The van der Waals surface area contributed by atoms with Gasteiger partial charge in [-0.25, -0.2) is 20.2 Å². The number of hydrogen-bond acceptors (Lipinski definition) is 5. The van der Waals surface area contributed by atoms with Gasteiger partial charge in [-0.15, -0.1) is 11.8 Å². The molecule has 14 heavy (non-hydrogen) atoms. The first-order valence-corrected chi connectivity index (χ1v) is 5.24. The topological polar surface area (TPSA) is 63.8 Å². The molecule has 0 fully saturated rings. The fourth-order valence-electron chi connectivity index (χ4n) is 0.768. The molecule has 0 amide bonds. The average molecular weight is 216 g/mol. The highest BCUT2D eigenvalue weighted by Crippen LogP contribution is 2.21. The van der Waals surface area contributed by atoms with Crippen LogP contribution in [0.4, 0.5) is 10.3 Å². The highest BCUT2D eigenvalue weighted by atomic mass is 32.2. The van der Waals surface area contributed by atoms with Gasteiger partial charge < -0.3 is 0 Å². The first-order valence-electron chi connectivity index (χ1n) is 4.25. The van der Waals surface area contributed by atoms with Crippen LogP contribution in [-0.4, -0.2) is 15.7 Å². The molecule has 0 spiro atoms. The number of nitrogens with two attached hydrogens (primary N) is 1. The van der Waals surface area contributed by atoms with Gasteiger partial charge in [0.1, 0.15) is 5.03 Å². The van der Waals surface area contributed by atoms with Gasteiger partial charge in [-0.2, -0.15) is 0 Å². The number of rotatable bonds is 4. The number of hydrogen-bond donors (Lipinski definition) is 2. The lowest BCUT2D eigenvalue weighted by Gasteiger charge is -2.05. The molecule has 78 valence electrons. The molecule has 0 saturated heterocycles. The number of nitrogen functional groups attached to an aromatic ring is 1. The molecule has 0 bridgehead atoms. The summed E-state index contributed by atoms with van der Waals surface area (Å²) in [5.74, 6) is 6.25. The third kappa shape index (κ3) is 3.12. The van der Waals surface area contributed by atoms with E-state index in [-0.39, 0.29) is 5.95 Å². The van der Waals surface area contributed by atoms with E-state index < -0.39 is 5.82 Å². The largest absolute Gasteiger partial charge is 0.292 e. The standard InChI is InChI=1S/C8H13FN4S/c1-5(2)4-14-7-6(9)3-11-8(12-7)13-10/h3,5H,4,10H2,1-2H3,(H,11,12,13). The van der Waals surface area contributed by atoms with E-state index in [1.807, 2.05) is 0 Å². The first-order chi connectivity index (χ1) is 6.63. The van der Waals surface area contributed by atoms with Crippen molar-refractivity contribution in [1.82, 2.24) is 9.97 Å². The van der Waals surface area contributed by atoms with Crippen LogP contribution in [0.15, 0.2) is 11.2 Å². The Morgan fingerprint density at radius 1 is 1.64 bits per heavy atom. The van der Waals surface area contributed by atoms with Gasteiger partial charge >= 0.3 is 0 Å². The lowest BCUT2D eigenvalue weighted by atomic mass is 10.3. The number of hydrazine groups is 1. The molecule has 0 aliphatic heterocycles. The van der Waals surface area contributed by atoms with E-state index in [9.17, 15) is 4.39 Å². The van der Waals surface area contributed by atoms with Gasteiger partial charge in [0.05, 0.1) is 6.20 Å². The van der Waals surface area contributed by atoms with Crippen molar-refractivity contribution in [3.8, 4) is 0 Å². The summed E-state index contributed by atoms with van der Waals surface area (Å²) in [7, 11) is 0. The van der Waals surface area contributed by atoms with E-state index >= 15 is 0 Å². The Balaban J connectivity index is 2.73. The molecule has 4 nitrogen and oxygen atoms in total. The molecule has 0 aromatic carbocycles. The Bertz CT molecular complexity index is 305. The quantitative estimate of drug-likeness (QED) is 0.347. The molecular formula is C8H13FN4S. The summed E-state index contributed by atoms with van der Waals surface area (Å²) in [5, 5.41) is 0.335. The number of aromatic nitrogens is 2. The fourth-order valence-corrected chi connectivity index (χ4v) is 1.60. The van der Waals surface area contributed by atoms with Crippen LogP contribution < -0.4 is 11.3 Å². The van der Waals surface area contributed by atoms with E-state index in [4.69, 9.17) is 5.84 Å².